The molecular weight excluding hydrogens is 662 g/mol. The van der Waals surface area contributed by atoms with E-state index in [0.717, 1.165) is 6.42 Å². The molecule has 3 heterocycles. The summed E-state index contributed by atoms with van der Waals surface area (Å²) >= 11 is 0. The summed E-state index contributed by atoms with van der Waals surface area (Å²) in [4.78, 5) is 14.2. The van der Waals surface area contributed by atoms with Crippen LogP contribution in [-0.2, 0) is 38.0 Å². The third-order valence-corrected chi connectivity index (χ3v) is 12.1. The summed E-state index contributed by atoms with van der Waals surface area (Å²) in [7, 11) is 1.62. The van der Waals surface area contributed by atoms with Gasteiger partial charge in [-0.3, -0.25) is 4.79 Å². The van der Waals surface area contributed by atoms with Gasteiger partial charge in [0.1, 0.15) is 29.0 Å². The Morgan fingerprint density at radius 3 is 2.16 bits per heavy atom. The summed E-state index contributed by atoms with van der Waals surface area (Å²) in [6, 6.07) is -0.601. The fourth-order valence-electron chi connectivity index (χ4n) is 8.32. The number of carbonyl (C=O) groups excluding carboxylic acids is 1. The smallest absolute Gasteiger partial charge is 0.311 e. The van der Waals surface area contributed by atoms with E-state index < -0.39 is 95.5 Å². The summed E-state index contributed by atoms with van der Waals surface area (Å²) in [5.74, 6) is -2.55. The number of methoxy groups -OCH3 is 1. The van der Waals surface area contributed by atoms with Crippen LogP contribution in [0.5, 0.6) is 0 Å². The molecule has 13 nitrogen and oxygen atoms in total. The van der Waals surface area contributed by atoms with E-state index >= 15 is 0 Å². The zero-order valence-electron chi connectivity index (χ0n) is 33.5. The number of nitrogens with two attached hydrogens (primary N) is 1. The fraction of sp³-hybridized carbons (Fsp3) is 0.974. The van der Waals surface area contributed by atoms with Gasteiger partial charge in [-0.25, -0.2) is 0 Å². The molecule has 51 heavy (non-hydrogen) atoms. The van der Waals surface area contributed by atoms with Gasteiger partial charge in [-0.1, -0.05) is 48.0 Å². The van der Waals surface area contributed by atoms with Gasteiger partial charge in [0.15, 0.2) is 12.6 Å². The first kappa shape index (κ1) is 44.4. The first-order valence-electron chi connectivity index (χ1n) is 19.1. The number of rotatable bonds is 18. The van der Waals surface area contributed by atoms with Crippen LogP contribution in [0.25, 0.3) is 0 Å². The molecule has 3 fully saturated rings. The monoisotopic (exact) mass is 733 g/mol. The minimum Gasteiger partial charge on any atom is -0.459 e. The molecule has 3 rings (SSSR count). The Labute approximate surface area is 306 Å². The number of esters is 1. The van der Waals surface area contributed by atoms with Crippen LogP contribution < -0.4 is 5.73 Å². The Morgan fingerprint density at radius 1 is 1.04 bits per heavy atom. The van der Waals surface area contributed by atoms with Gasteiger partial charge in [0, 0.05) is 25.5 Å². The van der Waals surface area contributed by atoms with Crippen molar-refractivity contribution in [1.29, 1.82) is 0 Å². The van der Waals surface area contributed by atoms with Crippen molar-refractivity contribution in [1.82, 2.24) is 0 Å². The molecule has 300 valence electrons. The van der Waals surface area contributed by atoms with E-state index in [1.54, 1.807) is 41.7 Å². The second-order valence-corrected chi connectivity index (χ2v) is 16.9. The highest BCUT2D eigenvalue weighted by Crippen LogP contribution is 2.51. The summed E-state index contributed by atoms with van der Waals surface area (Å²) in [5.41, 5.74) is 1.69. The molecule has 3 saturated heterocycles. The van der Waals surface area contributed by atoms with Gasteiger partial charge in [0.25, 0.3) is 0 Å². The Kier molecular flexibility index (Phi) is 15.0. The van der Waals surface area contributed by atoms with Gasteiger partial charge in [-0.2, -0.15) is 0 Å². The predicted octanol–water partition coefficient (Wildman–Crippen LogP) is 3.44. The second kappa shape index (κ2) is 17.2. The van der Waals surface area contributed by atoms with E-state index in [9.17, 15) is 25.2 Å². The lowest BCUT2D eigenvalue weighted by Crippen LogP contribution is -2.61. The van der Waals surface area contributed by atoms with E-state index in [0.29, 0.717) is 19.4 Å². The minimum absolute atomic E-state index is 0.109. The average molecular weight is 734 g/mol. The Balaban J connectivity index is 2.05. The van der Waals surface area contributed by atoms with Crippen LogP contribution in [0.3, 0.4) is 0 Å². The molecule has 0 radical (unpaired) electrons. The number of hydrogen-bond acceptors (Lipinski definition) is 13. The van der Waals surface area contributed by atoms with Crippen LogP contribution in [0.15, 0.2) is 0 Å². The predicted molar refractivity (Wildman–Crippen MR) is 190 cm³/mol. The number of aliphatic hydroxyl groups is 4. The van der Waals surface area contributed by atoms with Crippen LogP contribution >= 0.6 is 0 Å². The van der Waals surface area contributed by atoms with Gasteiger partial charge in [-0.05, 0) is 72.6 Å². The van der Waals surface area contributed by atoms with Gasteiger partial charge >= 0.3 is 5.97 Å². The van der Waals surface area contributed by atoms with Crippen LogP contribution in [0, 0.1) is 23.7 Å². The zero-order valence-corrected chi connectivity index (χ0v) is 33.5. The average Bonchev–Trinajstić information content (AvgIpc) is 3.87. The van der Waals surface area contributed by atoms with E-state index in [4.69, 9.17) is 38.9 Å². The van der Waals surface area contributed by atoms with Crippen molar-refractivity contribution in [2.75, 3.05) is 13.7 Å². The Morgan fingerprint density at radius 2 is 1.65 bits per heavy atom. The molecule has 0 aromatic carbocycles. The lowest BCUT2D eigenvalue weighted by atomic mass is 9.77. The second-order valence-electron chi connectivity index (χ2n) is 16.9. The highest BCUT2D eigenvalue weighted by atomic mass is 16.7. The van der Waals surface area contributed by atoms with E-state index in [1.807, 2.05) is 41.5 Å². The van der Waals surface area contributed by atoms with Crippen LogP contribution in [0.1, 0.15) is 115 Å². The van der Waals surface area contributed by atoms with Crippen molar-refractivity contribution in [2.45, 2.75) is 199 Å². The maximum absolute atomic E-state index is 14.2. The first-order valence-corrected chi connectivity index (χ1v) is 19.1. The van der Waals surface area contributed by atoms with Gasteiger partial charge in [-0.15, -0.1) is 0 Å². The molecule has 0 bridgehead atoms. The molecule has 17 atom stereocenters. The number of hydrogen-bond donors (Lipinski definition) is 5. The molecule has 1 spiro atoms. The third-order valence-electron chi connectivity index (χ3n) is 12.1. The maximum Gasteiger partial charge on any atom is 0.311 e. The molecule has 6 N–H and O–H groups in total. The van der Waals surface area contributed by atoms with Crippen molar-refractivity contribution < 1.29 is 58.4 Å². The lowest BCUT2D eigenvalue weighted by Gasteiger charge is -2.48. The van der Waals surface area contributed by atoms with E-state index in [-0.39, 0.29) is 30.8 Å². The fourth-order valence-corrected chi connectivity index (χ4v) is 8.32. The zero-order chi connectivity index (χ0) is 38.9. The highest BCUT2D eigenvalue weighted by Gasteiger charge is 2.67. The van der Waals surface area contributed by atoms with Gasteiger partial charge < -0.3 is 59.3 Å². The molecule has 0 aromatic heterocycles. The minimum atomic E-state index is -1.73. The normalized spacial score (nSPS) is 37.8. The van der Waals surface area contributed by atoms with Crippen molar-refractivity contribution in [2.24, 2.45) is 29.4 Å². The molecular formula is C38H71NO12. The van der Waals surface area contributed by atoms with Crippen LogP contribution in [0.2, 0.25) is 0 Å². The first-order chi connectivity index (χ1) is 23.5. The summed E-state index contributed by atoms with van der Waals surface area (Å²) < 4.78 is 43.7. The van der Waals surface area contributed by atoms with E-state index in [1.165, 1.54) is 6.92 Å². The SMILES string of the molecule is CC[C@H](C)C[C@@](C)(O)[C@H](O[C@@H]1OC(C)CC(N)[C@@H]1O)[C@@H](C)[C@H](O[C@H]1C[C@](C)(OC)[C@]2(CO2)C(C)O1)[C@@H](C)C(=O)O[C@H](CC)[C@@](C)(O)[C@H](O)C(C)C. The molecule has 0 aliphatic carbocycles. The highest BCUT2D eigenvalue weighted by molar-refractivity contribution is 5.73. The van der Waals surface area contributed by atoms with Crippen molar-refractivity contribution in [3.63, 3.8) is 0 Å². The molecule has 0 aromatic rings. The molecule has 3 aliphatic rings. The molecule has 13 heteroatoms. The number of ether oxygens (including phenoxy) is 7. The number of aliphatic hydroxyl groups excluding tert-OH is 2. The van der Waals surface area contributed by atoms with Gasteiger partial charge in [0.2, 0.25) is 0 Å². The van der Waals surface area contributed by atoms with Gasteiger partial charge in [0.05, 0.1) is 48.6 Å². The number of carbonyl (C=O) groups is 1. The van der Waals surface area contributed by atoms with Crippen LogP contribution in [-0.4, -0.2) is 124 Å². The quantitative estimate of drug-likeness (QED) is 0.102. The molecule has 3 aliphatic heterocycles. The molecule has 0 amide bonds. The lowest BCUT2D eigenvalue weighted by molar-refractivity contribution is -0.312. The van der Waals surface area contributed by atoms with Crippen molar-refractivity contribution >= 4 is 5.97 Å². The Hall–Kier alpha value is -0.970. The summed E-state index contributed by atoms with van der Waals surface area (Å²) in [5, 5.41) is 45.5. The Bertz CT molecular complexity index is 1120. The topological polar surface area (TPSA) is 192 Å². The van der Waals surface area contributed by atoms with Crippen LogP contribution in [0.4, 0.5) is 0 Å². The summed E-state index contributed by atoms with van der Waals surface area (Å²) in [6.07, 6.45) is -5.90. The van der Waals surface area contributed by atoms with E-state index in [2.05, 4.69) is 0 Å². The van der Waals surface area contributed by atoms with Crippen molar-refractivity contribution in [3.05, 3.63) is 0 Å². The summed E-state index contributed by atoms with van der Waals surface area (Å²) in [6.45, 7) is 22.2. The number of epoxide rings is 1. The largest absolute Gasteiger partial charge is 0.459 e. The third kappa shape index (κ3) is 9.65. The van der Waals surface area contributed by atoms with Crippen molar-refractivity contribution in [3.8, 4) is 0 Å². The molecule has 0 saturated carbocycles. The maximum atomic E-state index is 14.2. The standard InChI is InChI=1S/C38H71NO12/c1-14-21(5)17-35(10,43)32(51-34-29(40)26(39)16-22(6)47-34)23(7)30(50-28-18-36(11,45-13)38(19-46-38)25(9)48-28)24(8)33(42)49-27(15-2)37(12,44)31(41)20(3)4/h20-32,34,40-41,43-44H,14-19,39H2,1-13H3/t21-,22?,23-,24+,25?,26?,27+,28-,29-,30-,31+,32+,34-,35+,36-,37+,38-/m0/s1. The molecule has 3 unspecified atom stereocenters.